The highest BCUT2D eigenvalue weighted by Gasteiger charge is 2.38. The van der Waals surface area contributed by atoms with Crippen molar-refractivity contribution in [3.8, 4) is 33.6 Å². The van der Waals surface area contributed by atoms with Crippen molar-refractivity contribution < 1.29 is 19.1 Å². The zero-order chi connectivity index (χ0) is 37.8. The Balaban J connectivity index is 1.10. The molecule has 4 aromatic rings. The predicted molar refractivity (Wildman–Crippen MR) is 206 cm³/mol. The van der Waals surface area contributed by atoms with Gasteiger partial charge in [0.15, 0.2) is 0 Å². The molecule has 2 fully saturated rings. The Hall–Kier alpha value is -4.97. The van der Waals surface area contributed by atoms with Crippen LogP contribution in [-0.2, 0) is 14.3 Å². The second-order valence-electron chi connectivity index (χ2n) is 15.2. The summed E-state index contributed by atoms with van der Waals surface area (Å²) in [6.45, 7) is 14.2. The average Bonchev–Trinajstić information content (AvgIpc) is 3.98. The molecule has 53 heavy (non-hydrogen) atoms. The van der Waals surface area contributed by atoms with E-state index in [1.807, 2.05) is 36.0 Å². The minimum Gasteiger partial charge on any atom is -0.453 e. The Labute approximate surface area is 312 Å². The lowest BCUT2D eigenvalue weighted by Gasteiger charge is -2.32. The fraction of sp³-hybridized carbons (Fsp3) is 0.488. The van der Waals surface area contributed by atoms with Gasteiger partial charge in [-0.25, -0.2) is 14.8 Å². The van der Waals surface area contributed by atoms with Gasteiger partial charge in [0.25, 0.3) is 0 Å². The number of alkyl carbamates (subject to hydrolysis) is 1. The Kier molecular flexibility index (Phi) is 11.7. The van der Waals surface area contributed by atoms with Crippen molar-refractivity contribution in [3.63, 3.8) is 0 Å². The summed E-state index contributed by atoms with van der Waals surface area (Å²) in [4.78, 5) is 61.3. The first-order chi connectivity index (χ1) is 25.4. The van der Waals surface area contributed by atoms with E-state index in [9.17, 15) is 14.4 Å². The molecular weight excluding hydrogens is 669 g/mol. The van der Waals surface area contributed by atoms with Crippen LogP contribution in [0.4, 0.5) is 4.79 Å². The zero-order valence-electron chi connectivity index (χ0n) is 32.1. The molecule has 3 amide bonds. The van der Waals surface area contributed by atoms with Gasteiger partial charge in [-0.3, -0.25) is 14.5 Å². The van der Waals surface area contributed by atoms with E-state index in [1.54, 1.807) is 0 Å². The lowest BCUT2D eigenvalue weighted by Crippen LogP contribution is -2.51. The van der Waals surface area contributed by atoms with Gasteiger partial charge in [0.1, 0.15) is 17.7 Å². The third-order valence-corrected chi connectivity index (χ3v) is 10.7. The number of hydrogen-bond acceptors (Lipinski definition) is 7. The highest BCUT2D eigenvalue weighted by Crippen LogP contribution is 2.35. The van der Waals surface area contributed by atoms with Gasteiger partial charge < -0.3 is 29.8 Å². The van der Waals surface area contributed by atoms with Crippen molar-refractivity contribution in [2.45, 2.75) is 97.4 Å². The molecule has 2 saturated heterocycles. The van der Waals surface area contributed by atoms with Gasteiger partial charge in [0.2, 0.25) is 11.8 Å². The van der Waals surface area contributed by atoms with E-state index < -0.39 is 12.1 Å². The molecule has 6 rings (SSSR count). The number of nitrogens with zero attached hydrogens (tertiary/aromatic N) is 5. The summed E-state index contributed by atoms with van der Waals surface area (Å²) in [5.74, 6) is 1.52. The normalized spacial score (nSPS) is 18.1. The van der Waals surface area contributed by atoms with E-state index in [-0.39, 0.29) is 29.8 Å². The fourth-order valence-corrected chi connectivity index (χ4v) is 7.74. The van der Waals surface area contributed by atoms with Crippen LogP contribution in [0, 0.1) is 5.92 Å². The number of benzene rings is 2. The van der Waals surface area contributed by atoms with Crippen LogP contribution >= 0.6 is 0 Å². The highest BCUT2D eigenvalue weighted by atomic mass is 16.5. The van der Waals surface area contributed by atoms with Crippen LogP contribution in [-0.4, -0.2) is 97.4 Å². The maximum Gasteiger partial charge on any atom is 0.407 e. The molecule has 2 aromatic carbocycles. The van der Waals surface area contributed by atoms with E-state index in [2.05, 4.69) is 101 Å². The fourth-order valence-electron chi connectivity index (χ4n) is 7.74. The van der Waals surface area contributed by atoms with Crippen LogP contribution in [0.25, 0.3) is 33.6 Å². The van der Waals surface area contributed by atoms with Gasteiger partial charge in [-0.05, 0) is 81.5 Å². The van der Waals surface area contributed by atoms with Gasteiger partial charge in [-0.1, -0.05) is 62.4 Å². The molecule has 2 aliphatic rings. The third kappa shape index (κ3) is 8.32. The molecule has 4 heterocycles. The lowest BCUT2D eigenvalue weighted by atomic mass is 10.0. The Morgan fingerprint density at radius 3 is 1.66 bits per heavy atom. The van der Waals surface area contributed by atoms with Crippen molar-refractivity contribution in [1.29, 1.82) is 0 Å². The summed E-state index contributed by atoms with van der Waals surface area (Å²) in [6, 6.07) is 16.5. The summed E-state index contributed by atoms with van der Waals surface area (Å²) in [7, 11) is 1.30. The molecule has 3 atom stereocenters. The molecule has 12 nitrogen and oxygen atoms in total. The van der Waals surface area contributed by atoms with Gasteiger partial charge in [-0.15, -0.1) is 0 Å². The first-order valence-electron chi connectivity index (χ1n) is 19.0. The smallest absolute Gasteiger partial charge is 0.407 e. The van der Waals surface area contributed by atoms with Crippen molar-refractivity contribution >= 4 is 17.9 Å². The minimum absolute atomic E-state index is 0.0340. The van der Waals surface area contributed by atoms with E-state index >= 15 is 0 Å². The van der Waals surface area contributed by atoms with E-state index in [0.29, 0.717) is 25.2 Å². The van der Waals surface area contributed by atoms with Crippen molar-refractivity contribution in [2.24, 2.45) is 5.92 Å². The maximum atomic E-state index is 13.5. The second kappa shape index (κ2) is 16.4. The van der Waals surface area contributed by atoms with Crippen molar-refractivity contribution in [1.82, 2.24) is 40.0 Å². The number of imidazole rings is 2. The number of carbonyl (C=O) groups is 3. The Morgan fingerprint density at radius 2 is 1.21 bits per heavy atom. The molecule has 0 saturated carbocycles. The number of methoxy groups -OCH3 is 1. The molecule has 2 aromatic heterocycles. The summed E-state index contributed by atoms with van der Waals surface area (Å²) < 4.78 is 4.76. The zero-order valence-corrected chi connectivity index (χ0v) is 32.1. The number of hydrogen-bond donors (Lipinski definition) is 3. The summed E-state index contributed by atoms with van der Waals surface area (Å²) in [5.41, 5.74) is 6.04. The van der Waals surface area contributed by atoms with Crippen LogP contribution in [0.5, 0.6) is 0 Å². The quantitative estimate of drug-likeness (QED) is 0.144. The molecular formula is C41H54N8O4. The monoisotopic (exact) mass is 722 g/mol. The van der Waals surface area contributed by atoms with Crippen LogP contribution in [0.1, 0.15) is 91.0 Å². The van der Waals surface area contributed by atoms with Gasteiger partial charge >= 0.3 is 6.09 Å². The number of rotatable bonds is 12. The SMILES string of the molecule is COC(=O)N[C@H](C(=O)N1CCC[C@H]1c1ncc(-c2ccc(-c3ccc(-c4cnc([C@@H]5CCCN5C(=O)CN(C(C)C)C(C)C)[nH]4)cc3)cc2)[nH]1)C(C)C. The first kappa shape index (κ1) is 37.8. The van der Waals surface area contributed by atoms with Crippen LogP contribution in [0.15, 0.2) is 60.9 Å². The number of aromatic amines is 2. The van der Waals surface area contributed by atoms with Crippen molar-refractivity contribution in [2.75, 3.05) is 26.7 Å². The van der Waals surface area contributed by atoms with Gasteiger partial charge in [-0.2, -0.15) is 0 Å². The predicted octanol–water partition coefficient (Wildman–Crippen LogP) is 6.96. The van der Waals surface area contributed by atoms with Crippen LogP contribution < -0.4 is 5.32 Å². The van der Waals surface area contributed by atoms with Crippen LogP contribution in [0.2, 0.25) is 0 Å². The number of amides is 3. The molecule has 282 valence electrons. The number of nitrogens with one attached hydrogen (secondary N) is 3. The number of ether oxygens (including phenoxy) is 1. The molecule has 0 unspecified atom stereocenters. The molecule has 0 radical (unpaired) electrons. The largest absolute Gasteiger partial charge is 0.453 e. The van der Waals surface area contributed by atoms with Crippen LogP contribution in [0.3, 0.4) is 0 Å². The highest BCUT2D eigenvalue weighted by molar-refractivity contribution is 5.86. The van der Waals surface area contributed by atoms with Crippen molar-refractivity contribution in [3.05, 3.63) is 72.6 Å². The number of H-pyrrole nitrogens is 2. The Bertz CT molecular complexity index is 1850. The summed E-state index contributed by atoms with van der Waals surface area (Å²) in [5, 5.41) is 2.70. The summed E-state index contributed by atoms with van der Waals surface area (Å²) >= 11 is 0. The van der Waals surface area contributed by atoms with E-state index in [0.717, 1.165) is 77.5 Å². The topological polar surface area (TPSA) is 140 Å². The molecule has 0 aliphatic carbocycles. The maximum absolute atomic E-state index is 13.5. The number of carbonyl (C=O) groups excluding carboxylic acids is 3. The standard InChI is InChI=1S/C41H54N8O4/c1-25(2)37(46-41(52)53-7)40(51)48-21-9-11-35(48)39-43-23-33(45-39)31-18-14-29(15-19-31)28-12-16-30(17-13-28)32-22-42-38(44-32)34-10-8-20-47(34)36(50)24-49(26(3)4)27(5)6/h12-19,22-23,25-27,34-35,37H,8-11,20-21,24H2,1-7H3,(H,42,44)(H,43,45)(H,46,52)/t34-,35-,37-/m0/s1. The van der Waals surface area contributed by atoms with Gasteiger partial charge in [0, 0.05) is 25.2 Å². The second-order valence-corrected chi connectivity index (χ2v) is 15.2. The van der Waals surface area contributed by atoms with E-state index in [4.69, 9.17) is 9.72 Å². The lowest BCUT2D eigenvalue weighted by molar-refractivity contribution is -0.135. The van der Waals surface area contributed by atoms with Gasteiger partial charge in [0.05, 0.1) is 49.5 Å². The van der Waals surface area contributed by atoms with E-state index in [1.165, 1.54) is 7.11 Å². The summed E-state index contributed by atoms with van der Waals surface area (Å²) in [6.07, 6.45) is 6.61. The average molecular weight is 723 g/mol. The molecule has 2 aliphatic heterocycles. The number of aromatic nitrogens is 4. The Morgan fingerprint density at radius 1 is 0.755 bits per heavy atom. The third-order valence-electron chi connectivity index (χ3n) is 10.7. The molecule has 0 bridgehead atoms. The minimum atomic E-state index is -0.674. The number of likely N-dealkylation sites (tertiary alicyclic amines) is 2. The molecule has 0 spiro atoms. The molecule has 3 N–H and O–H groups in total. The molecule has 12 heteroatoms. The first-order valence-corrected chi connectivity index (χ1v) is 19.0.